The van der Waals surface area contributed by atoms with Crippen molar-refractivity contribution in [3.63, 3.8) is 0 Å². The molecular weight excluding hydrogens is 461 g/mol. The summed E-state index contributed by atoms with van der Waals surface area (Å²) in [6, 6.07) is 15.7. The van der Waals surface area contributed by atoms with Crippen LogP contribution in [0.15, 0.2) is 53.0 Å². The van der Waals surface area contributed by atoms with E-state index < -0.39 is 5.41 Å². The zero-order valence-corrected chi connectivity index (χ0v) is 18.3. The largest absolute Gasteiger partial charge is 0.382 e. The molecule has 8 heteroatoms. The average Bonchev–Trinajstić information content (AvgIpc) is 3.52. The summed E-state index contributed by atoms with van der Waals surface area (Å²) < 4.78 is 15.6. The lowest BCUT2D eigenvalue weighted by molar-refractivity contribution is -0.123. The molecule has 1 saturated carbocycles. The van der Waals surface area contributed by atoms with Gasteiger partial charge in [-0.25, -0.2) is 9.07 Å². The number of aromatic nitrogens is 2. The first kappa shape index (κ1) is 21.1. The Hall–Kier alpha value is -3.18. The van der Waals surface area contributed by atoms with Gasteiger partial charge in [0.1, 0.15) is 23.3 Å². The van der Waals surface area contributed by atoms with Gasteiger partial charge >= 0.3 is 0 Å². The van der Waals surface area contributed by atoms with Crippen molar-refractivity contribution in [1.82, 2.24) is 15.1 Å². The molecular formula is C23H21BrFN5O. The lowest BCUT2D eigenvalue weighted by Crippen LogP contribution is -2.35. The first-order valence-corrected chi connectivity index (χ1v) is 10.8. The molecule has 1 aliphatic carbocycles. The molecule has 31 heavy (non-hydrogen) atoms. The lowest BCUT2D eigenvalue weighted by atomic mass is 9.95. The van der Waals surface area contributed by atoms with Gasteiger partial charge in [0.2, 0.25) is 5.91 Å². The molecule has 1 fully saturated rings. The minimum atomic E-state index is -0.424. The molecule has 1 heterocycles. The molecule has 158 valence electrons. The number of nitrogens with two attached hydrogens (primary N) is 1. The molecule has 2 aromatic carbocycles. The summed E-state index contributed by atoms with van der Waals surface area (Å²) in [6.07, 6.45) is 2.80. The summed E-state index contributed by atoms with van der Waals surface area (Å²) in [5.41, 5.74) is 8.15. The molecule has 0 bridgehead atoms. The summed E-state index contributed by atoms with van der Waals surface area (Å²) in [4.78, 5) is 12.8. The predicted octanol–water partition coefficient (Wildman–Crippen LogP) is 4.01. The van der Waals surface area contributed by atoms with Crippen molar-refractivity contribution < 1.29 is 9.18 Å². The maximum Gasteiger partial charge on any atom is 0.230 e. The van der Waals surface area contributed by atoms with Crippen molar-refractivity contribution >= 4 is 27.7 Å². The maximum absolute atomic E-state index is 13.2. The van der Waals surface area contributed by atoms with Gasteiger partial charge in [0.25, 0.3) is 0 Å². The van der Waals surface area contributed by atoms with Crippen LogP contribution in [0.5, 0.6) is 0 Å². The standard InChI is InChI=1S/C23H21BrFN5O/c24-16-5-3-15(4-6-16)23(11-12-23)22(31)28-13-1-2-20-19(14-26)21(27)30(29-20)18-9-7-17(25)8-10-18/h3-10H,1-2,11-13,27H2,(H,28,31). The van der Waals surface area contributed by atoms with Crippen LogP contribution in [-0.2, 0) is 16.6 Å². The van der Waals surface area contributed by atoms with Crippen LogP contribution in [0.1, 0.15) is 36.1 Å². The number of nitriles is 1. The number of hydrogen-bond donors (Lipinski definition) is 2. The quantitative estimate of drug-likeness (QED) is 0.498. The Balaban J connectivity index is 1.38. The van der Waals surface area contributed by atoms with Crippen molar-refractivity contribution in [3.05, 3.63) is 75.6 Å². The second kappa shape index (κ2) is 8.52. The molecule has 3 N–H and O–H groups in total. The number of nitrogens with one attached hydrogen (secondary N) is 1. The number of amides is 1. The SMILES string of the molecule is N#Cc1c(CCCNC(=O)C2(c3ccc(Br)cc3)CC2)nn(-c2ccc(F)cc2)c1N. The summed E-state index contributed by atoms with van der Waals surface area (Å²) >= 11 is 3.42. The lowest BCUT2D eigenvalue weighted by Gasteiger charge is -2.15. The minimum absolute atomic E-state index is 0.0340. The number of hydrogen-bond acceptors (Lipinski definition) is 4. The summed E-state index contributed by atoms with van der Waals surface area (Å²) in [6.45, 7) is 0.477. The van der Waals surface area contributed by atoms with Crippen molar-refractivity contribution in [3.8, 4) is 11.8 Å². The maximum atomic E-state index is 13.2. The number of aryl methyl sites for hydroxylation is 1. The van der Waals surface area contributed by atoms with Crippen LogP contribution in [0.4, 0.5) is 10.2 Å². The fraction of sp³-hybridized carbons (Fsp3) is 0.261. The average molecular weight is 482 g/mol. The second-order valence-electron chi connectivity index (χ2n) is 7.66. The van der Waals surface area contributed by atoms with Crippen LogP contribution in [0.2, 0.25) is 0 Å². The van der Waals surface area contributed by atoms with E-state index in [1.54, 1.807) is 12.1 Å². The van der Waals surface area contributed by atoms with Gasteiger partial charge in [-0.15, -0.1) is 0 Å². The first-order chi connectivity index (χ1) is 14.9. The number of benzene rings is 2. The molecule has 1 aliphatic rings. The molecule has 3 aromatic rings. The van der Waals surface area contributed by atoms with E-state index in [4.69, 9.17) is 5.73 Å². The highest BCUT2D eigenvalue weighted by Crippen LogP contribution is 2.48. The number of anilines is 1. The molecule has 1 aromatic heterocycles. The van der Waals surface area contributed by atoms with Crippen LogP contribution < -0.4 is 11.1 Å². The molecule has 0 saturated heterocycles. The molecule has 0 unspecified atom stereocenters. The van der Waals surface area contributed by atoms with Gasteiger partial charge in [-0.05, 0) is 67.6 Å². The summed E-state index contributed by atoms with van der Waals surface area (Å²) in [5, 5.41) is 17.0. The Bertz CT molecular complexity index is 1140. The van der Waals surface area contributed by atoms with Crippen LogP contribution in [0.25, 0.3) is 5.69 Å². The van der Waals surface area contributed by atoms with Gasteiger partial charge < -0.3 is 11.1 Å². The molecule has 0 radical (unpaired) electrons. The number of halogens is 2. The Kier molecular flexibility index (Phi) is 5.79. The highest BCUT2D eigenvalue weighted by molar-refractivity contribution is 9.10. The normalized spacial score (nSPS) is 14.1. The van der Waals surface area contributed by atoms with Gasteiger partial charge in [0.05, 0.1) is 16.8 Å². The van der Waals surface area contributed by atoms with E-state index in [0.29, 0.717) is 36.3 Å². The number of rotatable bonds is 7. The van der Waals surface area contributed by atoms with E-state index in [2.05, 4.69) is 32.4 Å². The third-order valence-electron chi connectivity index (χ3n) is 5.63. The summed E-state index contributed by atoms with van der Waals surface area (Å²) in [5.74, 6) is -0.102. The number of carbonyl (C=O) groups is 1. The van der Waals surface area contributed by atoms with Gasteiger partial charge in [-0.3, -0.25) is 4.79 Å². The predicted molar refractivity (Wildman–Crippen MR) is 119 cm³/mol. The minimum Gasteiger partial charge on any atom is -0.382 e. The molecule has 0 spiro atoms. The third kappa shape index (κ3) is 4.19. The highest BCUT2D eigenvalue weighted by atomic mass is 79.9. The zero-order valence-electron chi connectivity index (χ0n) is 16.7. The van der Waals surface area contributed by atoms with Crippen molar-refractivity contribution in [2.45, 2.75) is 31.1 Å². The Morgan fingerprint density at radius 1 is 1.23 bits per heavy atom. The van der Waals surface area contributed by atoms with E-state index in [-0.39, 0.29) is 17.5 Å². The zero-order chi connectivity index (χ0) is 22.0. The number of nitrogen functional groups attached to an aromatic ring is 1. The fourth-order valence-electron chi connectivity index (χ4n) is 3.72. The Labute approximate surface area is 188 Å². The van der Waals surface area contributed by atoms with E-state index in [1.165, 1.54) is 16.8 Å². The first-order valence-electron chi connectivity index (χ1n) is 10.0. The van der Waals surface area contributed by atoms with Crippen LogP contribution in [-0.4, -0.2) is 22.2 Å². The van der Waals surface area contributed by atoms with Crippen LogP contribution >= 0.6 is 15.9 Å². The Morgan fingerprint density at radius 3 is 2.52 bits per heavy atom. The monoisotopic (exact) mass is 481 g/mol. The van der Waals surface area contributed by atoms with E-state index in [9.17, 15) is 14.4 Å². The van der Waals surface area contributed by atoms with Gasteiger partial charge in [0, 0.05) is 11.0 Å². The second-order valence-corrected chi connectivity index (χ2v) is 8.57. The van der Waals surface area contributed by atoms with Crippen molar-refractivity contribution in [2.24, 2.45) is 0 Å². The summed E-state index contributed by atoms with van der Waals surface area (Å²) in [7, 11) is 0. The van der Waals surface area contributed by atoms with Crippen LogP contribution in [0, 0.1) is 17.1 Å². The molecule has 1 amide bonds. The van der Waals surface area contributed by atoms with Crippen molar-refractivity contribution in [2.75, 3.05) is 12.3 Å². The molecule has 6 nitrogen and oxygen atoms in total. The van der Waals surface area contributed by atoms with Gasteiger partial charge in [-0.2, -0.15) is 10.4 Å². The van der Waals surface area contributed by atoms with Crippen molar-refractivity contribution in [1.29, 1.82) is 5.26 Å². The molecule has 0 aliphatic heterocycles. The molecule has 0 atom stereocenters. The third-order valence-corrected chi connectivity index (χ3v) is 6.16. The van der Waals surface area contributed by atoms with Gasteiger partial charge in [0.15, 0.2) is 0 Å². The fourth-order valence-corrected chi connectivity index (χ4v) is 3.99. The smallest absolute Gasteiger partial charge is 0.230 e. The number of nitrogens with zero attached hydrogens (tertiary/aromatic N) is 3. The molecule has 4 rings (SSSR count). The van der Waals surface area contributed by atoms with E-state index in [1.807, 2.05) is 24.3 Å². The Morgan fingerprint density at radius 2 is 1.90 bits per heavy atom. The van der Waals surface area contributed by atoms with Gasteiger partial charge in [-0.1, -0.05) is 28.1 Å². The van der Waals surface area contributed by atoms with Crippen LogP contribution in [0.3, 0.4) is 0 Å². The topological polar surface area (TPSA) is 96.7 Å². The highest BCUT2D eigenvalue weighted by Gasteiger charge is 2.50. The van der Waals surface area contributed by atoms with E-state index >= 15 is 0 Å². The number of carbonyl (C=O) groups excluding carboxylic acids is 1. The van der Waals surface area contributed by atoms with E-state index in [0.717, 1.165) is 22.9 Å².